The molecule has 0 aliphatic carbocycles. The zero-order valence-corrected chi connectivity index (χ0v) is 10.5. The summed E-state index contributed by atoms with van der Waals surface area (Å²) in [4.78, 5) is 11.2. The number of esters is 1. The van der Waals surface area contributed by atoms with Crippen LogP contribution in [0.1, 0.15) is 26.7 Å². The van der Waals surface area contributed by atoms with Gasteiger partial charge in [-0.2, -0.15) is 8.42 Å². The van der Waals surface area contributed by atoms with Crippen LogP contribution in [0.25, 0.3) is 0 Å². The molecule has 0 aliphatic rings. The van der Waals surface area contributed by atoms with Gasteiger partial charge in [0.25, 0.3) is 10.1 Å². The molecule has 0 aromatic carbocycles. The molecule has 0 saturated heterocycles. The van der Waals surface area contributed by atoms with E-state index in [2.05, 4.69) is 4.18 Å². The van der Waals surface area contributed by atoms with Crippen LogP contribution in [-0.4, -0.2) is 44.6 Å². The maximum atomic E-state index is 11.2. The van der Waals surface area contributed by atoms with E-state index in [0.717, 1.165) is 6.26 Å². The van der Waals surface area contributed by atoms with Crippen LogP contribution in [0.2, 0.25) is 0 Å². The van der Waals surface area contributed by atoms with Gasteiger partial charge in [-0.25, -0.2) is 0 Å². The molecule has 7 heteroatoms. The molecule has 0 aliphatic heterocycles. The Kier molecular flexibility index (Phi) is 6.54. The second-order valence-electron chi connectivity index (χ2n) is 3.56. The predicted molar refractivity (Wildman–Crippen MR) is 57.3 cm³/mol. The number of ether oxygens (including phenoxy) is 1. The van der Waals surface area contributed by atoms with Crippen molar-refractivity contribution in [2.45, 2.75) is 38.9 Å². The van der Waals surface area contributed by atoms with Gasteiger partial charge in [0, 0.05) is 0 Å². The van der Waals surface area contributed by atoms with Gasteiger partial charge in [-0.05, 0) is 13.3 Å². The molecule has 96 valence electrons. The van der Waals surface area contributed by atoms with Crippen molar-refractivity contribution in [2.24, 2.45) is 0 Å². The van der Waals surface area contributed by atoms with E-state index in [0.29, 0.717) is 6.42 Å². The Hall–Kier alpha value is -0.660. The summed E-state index contributed by atoms with van der Waals surface area (Å²) in [6.07, 6.45) is -0.111. The Balaban J connectivity index is 3.87. The fourth-order valence-electron chi connectivity index (χ4n) is 0.809. The van der Waals surface area contributed by atoms with Crippen LogP contribution in [-0.2, 0) is 23.8 Å². The molecule has 16 heavy (non-hydrogen) atoms. The molecule has 0 amide bonds. The quantitative estimate of drug-likeness (QED) is 0.510. The lowest BCUT2D eigenvalue weighted by atomic mass is 10.2. The summed E-state index contributed by atoms with van der Waals surface area (Å²) < 4.78 is 30.4. The SMILES string of the molecule is CCC(C)OC(=O)CC(O)COS(C)(=O)=O. The van der Waals surface area contributed by atoms with Crippen molar-refractivity contribution in [2.75, 3.05) is 12.9 Å². The van der Waals surface area contributed by atoms with Crippen molar-refractivity contribution >= 4 is 16.1 Å². The fourth-order valence-corrected chi connectivity index (χ4v) is 1.21. The Labute approximate surface area is 95.7 Å². The highest BCUT2D eigenvalue weighted by molar-refractivity contribution is 7.85. The first-order chi connectivity index (χ1) is 7.24. The van der Waals surface area contributed by atoms with Crippen LogP contribution in [0.4, 0.5) is 0 Å². The van der Waals surface area contributed by atoms with Crippen molar-refractivity contribution in [1.29, 1.82) is 0 Å². The summed E-state index contributed by atoms with van der Waals surface area (Å²) in [5.41, 5.74) is 0. The van der Waals surface area contributed by atoms with E-state index in [4.69, 9.17) is 4.74 Å². The Bertz CT molecular complexity index is 310. The molecular weight excluding hydrogens is 236 g/mol. The zero-order chi connectivity index (χ0) is 12.8. The monoisotopic (exact) mass is 254 g/mol. The standard InChI is InChI=1S/C9H18O6S/c1-4-7(2)15-9(11)5-8(10)6-14-16(3,12)13/h7-8,10H,4-6H2,1-3H3. The van der Waals surface area contributed by atoms with E-state index in [1.165, 1.54) is 0 Å². The summed E-state index contributed by atoms with van der Waals surface area (Å²) in [7, 11) is -3.59. The van der Waals surface area contributed by atoms with Gasteiger partial charge in [0.1, 0.15) is 0 Å². The topological polar surface area (TPSA) is 89.9 Å². The van der Waals surface area contributed by atoms with Crippen molar-refractivity contribution in [1.82, 2.24) is 0 Å². The first-order valence-electron chi connectivity index (χ1n) is 4.96. The summed E-state index contributed by atoms with van der Waals surface area (Å²) in [5, 5.41) is 9.28. The maximum absolute atomic E-state index is 11.2. The van der Waals surface area contributed by atoms with E-state index >= 15 is 0 Å². The molecule has 0 spiro atoms. The van der Waals surface area contributed by atoms with Crippen LogP contribution in [0.5, 0.6) is 0 Å². The van der Waals surface area contributed by atoms with E-state index in [-0.39, 0.29) is 12.5 Å². The molecule has 0 radical (unpaired) electrons. The van der Waals surface area contributed by atoms with Crippen LogP contribution >= 0.6 is 0 Å². The number of carbonyl (C=O) groups excluding carboxylic acids is 1. The van der Waals surface area contributed by atoms with Crippen LogP contribution in [0.15, 0.2) is 0 Å². The number of hydrogen-bond acceptors (Lipinski definition) is 6. The lowest BCUT2D eigenvalue weighted by Gasteiger charge is -2.13. The summed E-state index contributed by atoms with van der Waals surface area (Å²) >= 11 is 0. The van der Waals surface area contributed by atoms with Crippen LogP contribution in [0.3, 0.4) is 0 Å². The van der Waals surface area contributed by atoms with Crippen molar-refractivity contribution in [3.05, 3.63) is 0 Å². The molecule has 0 rings (SSSR count). The van der Waals surface area contributed by atoms with Gasteiger partial charge in [0.15, 0.2) is 0 Å². The smallest absolute Gasteiger partial charge is 0.308 e. The number of carbonyl (C=O) groups is 1. The van der Waals surface area contributed by atoms with Gasteiger partial charge < -0.3 is 9.84 Å². The molecule has 0 saturated carbocycles. The van der Waals surface area contributed by atoms with E-state index in [1.807, 2.05) is 6.92 Å². The average Bonchev–Trinajstić information content (AvgIpc) is 2.13. The number of aliphatic hydroxyl groups excluding tert-OH is 1. The third-order valence-electron chi connectivity index (χ3n) is 1.78. The second kappa shape index (κ2) is 6.82. The highest BCUT2D eigenvalue weighted by Gasteiger charge is 2.16. The molecule has 2 unspecified atom stereocenters. The lowest BCUT2D eigenvalue weighted by Crippen LogP contribution is -2.24. The van der Waals surface area contributed by atoms with Gasteiger partial charge in [0.2, 0.25) is 0 Å². The Morgan fingerprint density at radius 3 is 2.44 bits per heavy atom. The zero-order valence-electron chi connectivity index (χ0n) is 9.67. The molecule has 0 heterocycles. The van der Waals surface area contributed by atoms with Gasteiger partial charge >= 0.3 is 5.97 Å². The summed E-state index contributed by atoms with van der Waals surface area (Å²) in [5.74, 6) is -0.570. The van der Waals surface area contributed by atoms with Crippen molar-refractivity contribution in [3.8, 4) is 0 Å². The first kappa shape index (κ1) is 15.3. The molecular formula is C9H18O6S. The lowest BCUT2D eigenvalue weighted by molar-refractivity contribution is -0.151. The second-order valence-corrected chi connectivity index (χ2v) is 5.20. The highest BCUT2D eigenvalue weighted by Crippen LogP contribution is 2.02. The average molecular weight is 254 g/mol. The largest absolute Gasteiger partial charge is 0.463 e. The number of rotatable bonds is 7. The fraction of sp³-hybridized carbons (Fsp3) is 0.889. The third-order valence-corrected chi connectivity index (χ3v) is 2.35. The molecule has 2 atom stereocenters. The van der Waals surface area contributed by atoms with Gasteiger partial charge in [-0.1, -0.05) is 6.92 Å². The molecule has 0 fully saturated rings. The molecule has 0 bridgehead atoms. The molecule has 0 aromatic heterocycles. The van der Waals surface area contributed by atoms with Gasteiger partial charge in [0.05, 0.1) is 31.5 Å². The normalized spacial score (nSPS) is 15.5. The minimum atomic E-state index is -3.59. The maximum Gasteiger partial charge on any atom is 0.308 e. The van der Waals surface area contributed by atoms with E-state index in [1.54, 1.807) is 6.92 Å². The van der Waals surface area contributed by atoms with E-state index in [9.17, 15) is 18.3 Å². The highest BCUT2D eigenvalue weighted by atomic mass is 32.2. The minimum Gasteiger partial charge on any atom is -0.463 e. The van der Waals surface area contributed by atoms with Crippen LogP contribution < -0.4 is 0 Å². The summed E-state index contributed by atoms with van der Waals surface area (Å²) in [6, 6.07) is 0. The van der Waals surface area contributed by atoms with Gasteiger partial charge in [-0.15, -0.1) is 0 Å². The Morgan fingerprint density at radius 2 is 2.00 bits per heavy atom. The molecule has 1 N–H and O–H groups in total. The summed E-state index contributed by atoms with van der Waals surface area (Å²) in [6.45, 7) is 3.16. The number of hydrogen-bond donors (Lipinski definition) is 1. The van der Waals surface area contributed by atoms with Crippen molar-refractivity contribution < 1.29 is 27.2 Å². The molecule has 0 aromatic rings. The predicted octanol–water partition coefficient (Wildman–Crippen LogP) is 0.0553. The Morgan fingerprint density at radius 1 is 1.44 bits per heavy atom. The van der Waals surface area contributed by atoms with Crippen LogP contribution in [0, 0.1) is 0 Å². The third kappa shape index (κ3) is 8.63. The number of aliphatic hydroxyl groups is 1. The minimum absolute atomic E-state index is 0.212. The van der Waals surface area contributed by atoms with Gasteiger partial charge in [-0.3, -0.25) is 8.98 Å². The first-order valence-corrected chi connectivity index (χ1v) is 6.78. The van der Waals surface area contributed by atoms with E-state index < -0.39 is 28.8 Å². The van der Waals surface area contributed by atoms with Crippen molar-refractivity contribution in [3.63, 3.8) is 0 Å². The molecule has 6 nitrogen and oxygen atoms in total.